The molecule has 2 bridgehead atoms. The van der Waals surface area contributed by atoms with E-state index < -0.39 is 37.4 Å². The summed E-state index contributed by atoms with van der Waals surface area (Å²) in [6.45, 7) is 14.3. The molecule has 7 nitrogen and oxygen atoms in total. The zero-order chi connectivity index (χ0) is 22.5. The SMILES string of the molecule is CCOC(=O)C1(C(=O)OCC)C[C@@H]2C[C@H]3CC(=O)[C@@H](O[Si](C)(C)C(C)(C)C)[C@]2(C1)O3. The van der Waals surface area contributed by atoms with E-state index in [1.165, 1.54) is 0 Å². The molecule has 0 radical (unpaired) electrons. The molecule has 8 heteroatoms. The summed E-state index contributed by atoms with van der Waals surface area (Å²) in [5.41, 5.74) is -2.43. The first-order chi connectivity index (χ1) is 13.8. The Bertz CT molecular complexity index is 707. The number of esters is 2. The Kier molecular flexibility index (Phi) is 6.02. The Morgan fingerprint density at radius 1 is 1.13 bits per heavy atom. The highest BCUT2D eigenvalue weighted by molar-refractivity contribution is 6.74. The van der Waals surface area contributed by atoms with Gasteiger partial charge in [-0.1, -0.05) is 20.8 Å². The van der Waals surface area contributed by atoms with Gasteiger partial charge in [0.15, 0.2) is 19.5 Å². The molecule has 0 unspecified atom stereocenters. The number of hydrogen-bond acceptors (Lipinski definition) is 7. The molecule has 30 heavy (non-hydrogen) atoms. The molecule has 2 saturated heterocycles. The fraction of sp³-hybridized carbons (Fsp3) is 0.864. The van der Waals surface area contributed by atoms with Crippen LogP contribution >= 0.6 is 0 Å². The van der Waals surface area contributed by atoms with Crippen molar-refractivity contribution >= 4 is 26.0 Å². The Hall–Kier alpha value is -1.25. The molecular weight excluding hydrogens is 404 g/mol. The predicted molar refractivity (Wildman–Crippen MR) is 112 cm³/mol. The fourth-order valence-corrected chi connectivity index (χ4v) is 6.32. The lowest BCUT2D eigenvalue weighted by molar-refractivity contribution is -0.185. The van der Waals surface area contributed by atoms with Crippen LogP contribution in [0.2, 0.25) is 18.1 Å². The quantitative estimate of drug-likeness (QED) is 0.355. The highest BCUT2D eigenvalue weighted by Crippen LogP contribution is 2.61. The average molecular weight is 441 g/mol. The van der Waals surface area contributed by atoms with Gasteiger partial charge >= 0.3 is 11.9 Å². The van der Waals surface area contributed by atoms with E-state index in [2.05, 4.69) is 33.9 Å². The average Bonchev–Trinajstić information content (AvgIpc) is 3.07. The van der Waals surface area contributed by atoms with Gasteiger partial charge in [-0.25, -0.2) is 0 Å². The number of fused-ring (bicyclic) bond motifs is 1. The zero-order valence-corrected chi connectivity index (χ0v) is 20.3. The molecule has 2 heterocycles. The third kappa shape index (κ3) is 3.54. The maximum absolute atomic E-state index is 13.2. The van der Waals surface area contributed by atoms with E-state index in [-0.39, 0.29) is 48.9 Å². The maximum atomic E-state index is 13.2. The van der Waals surface area contributed by atoms with Crippen LogP contribution in [0.5, 0.6) is 0 Å². The van der Waals surface area contributed by atoms with Gasteiger partial charge in [0, 0.05) is 12.8 Å². The van der Waals surface area contributed by atoms with E-state index in [4.69, 9.17) is 18.6 Å². The summed E-state index contributed by atoms with van der Waals surface area (Å²) in [7, 11) is -2.30. The van der Waals surface area contributed by atoms with Gasteiger partial charge in [0.2, 0.25) is 0 Å². The number of ketones is 1. The Labute approximate surface area is 180 Å². The molecule has 0 aromatic carbocycles. The minimum atomic E-state index is -2.30. The number of rotatable bonds is 6. The summed E-state index contributed by atoms with van der Waals surface area (Å²) < 4.78 is 23.6. The standard InChI is InChI=1S/C22H36O7Si/c1-8-26-18(24)21(19(25)27-9-2)12-14-10-15-11-16(23)17(22(14,13-21)28-15)29-30(6,7)20(3,4)5/h14-15,17H,8-13H2,1-7H3/t14-,15-,17+,22+/m0/s1. The van der Waals surface area contributed by atoms with E-state index in [9.17, 15) is 14.4 Å². The van der Waals surface area contributed by atoms with Gasteiger partial charge in [-0.05, 0) is 50.7 Å². The van der Waals surface area contributed by atoms with Crippen LogP contribution in [0.1, 0.15) is 60.3 Å². The monoisotopic (exact) mass is 440 g/mol. The van der Waals surface area contributed by atoms with Crippen molar-refractivity contribution in [3.63, 3.8) is 0 Å². The van der Waals surface area contributed by atoms with Crippen molar-refractivity contribution in [2.45, 2.75) is 96.2 Å². The molecule has 1 spiro atoms. The number of Topliss-reactive ketones (excluding diaryl/α,β-unsaturated/α-hetero) is 1. The molecule has 0 aromatic heterocycles. The molecule has 2 aliphatic heterocycles. The van der Waals surface area contributed by atoms with Crippen molar-refractivity contribution in [3.05, 3.63) is 0 Å². The van der Waals surface area contributed by atoms with Gasteiger partial charge in [0.1, 0.15) is 11.7 Å². The maximum Gasteiger partial charge on any atom is 0.323 e. The third-order valence-electron chi connectivity index (χ3n) is 7.51. The lowest BCUT2D eigenvalue weighted by Crippen LogP contribution is -2.59. The van der Waals surface area contributed by atoms with Crippen LogP contribution in [0, 0.1) is 11.3 Å². The molecule has 1 saturated carbocycles. The van der Waals surface area contributed by atoms with Crippen molar-refractivity contribution in [2.24, 2.45) is 11.3 Å². The molecule has 3 aliphatic rings. The summed E-state index contributed by atoms with van der Waals surface area (Å²) in [6, 6.07) is 0. The first-order valence-corrected chi connectivity index (χ1v) is 14.0. The molecule has 0 aromatic rings. The summed E-state index contributed by atoms with van der Waals surface area (Å²) in [5.74, 6) is -1.28. The largest absolute Gasteiger partial charge is 0.465 e. The summed E-state index contributed by atoms with van der Waals surface area (Å²) in [6.07, 6.45) is 0.361. The molecular formula is C22H36O7Si. The topological polar surface area (TPSA) is 88.1 Å². The van der Waals surface area contributed by atoms with Crippen LogP contribution in [0.4, 0.5) is 0 Å². The van der Waals surface area contributed by atoms with Crippen LogP contribution < -0.4 is 0 Å². The second-order valence-corrected chi connectivity index (χ2v) is 15.2. The first kappa shape index (κ1) is 23.4. The fourth-order valence-electron chi connectivity index (χ4n) is 5.05. The van der Waals surface area contributed by atoms with Crippen LogP contribution in [-0.4, -0.2) is 57.1 Å². The van der Waals surface area contributed by atoms with E-state index in [0.29, 0.717) is 12.8 Å². The third-order valence-corrected chi connectivity index (χ3v) is 12.0. The minimum Gasteiger partial charge on any atom is -0.465 e. The van der Waals surface area contributed by atoms with Crippen LogP contribution in [0.3, 0.4) is 0 Å². The second kappa shape index (κ2) is 7.71. The van der Waals surface area contributed by atoms with Crippen molar-refractivity contribution in [2.75, 3.05) is 13.2 Å². The van der Waals surface area contributed by atoms with Gasteiger partial charge in [-0.15, -0.1) is 0 Å². The number of carbonyl (C=O) groups is 3. The van der Waals surface area contributed by atoms with Crippen molar-refractivity contribution in [3.8, 4) is 0 Å². The van der Waals surface area contributed by atoms with Gasteiger partial charge in [0.25, 0.3) is 0 Å². The predicted octanol–water partition coefficient (Wildman–Crippen LogP) is 3.40. The van der Waals surface area contributed by atoms with Gasteiger partial charge in [0.05, 0.1) is 19.3 Å². The molecule has 0 N–H and O–H groups in total. The summed E-state index contributed by atoms with van der Waals surface area (Å²) in [4.78, 5) is 39.2. The number of carbonyl (C=O) groups excluding carboxylic acids is 3. The van der Waals surface area contributed by atoms with E-state index in [0.717, 1.165) is 0 Å². The van der Waals surface area contributed by atoms with Crippen LogP contribution in [-0.2, 0) is 33.0 Å². The van der Waals surface area contributed by atoms with E-state index in [1.54, 1.807) is 13.8 Å². The summed E-state index contributed by atoms with van der Waals surface area (Å²) in [5, 5.41) is -0.0904. The molecule has 1 aliphatic carbocycles. The second-order valence-electron chi connectivity index (χ2n) is 10.5. The van der Waals surface area contributed by atoms with E-state index >= 15 is 0 Å². The minimum absolute atomic E-state index is 0.0158. The molecule has 170 valence electrons. The smallest absolute Gasteiger partial charge is 0.323 e. The first-order valence-electron chi connectivity index (χ1n) is 11.1. The molecule has 0 amide bonds. The van der Waals surface area contributed by atoms with Crippen LogP contribution in [0.15, 0.2) is 0 Å². The zero-order valence-electron chi connectivity index (χ0n) is 19.3. The highest BCUT2D eigenvalue weighted by Gasteiger charge is 2.72. The molecule has 3 fully saturated rings. The van der Waals surface area contributed by atoms with Gasteiger partial charge in [-0.3, -0.25) is 14.4 Å². The Balaban J connectivity index is 2.02. The van der Waals surface area contributed by atoms with Gasteiger partial charge in [-0.2, -0.15) is 0 Å². The normalized spacial score (nSPS) is 32.6. The Morgan fingerprint density at radius 3 is 2.20 bits per heavy atom. The van der Waals surface area contributed by atoms with Gasteiger partial charge < -0.3 is 18.6 Å². The molecule has 3 rings (SSSR count). The van der Waals surface area contributed by atoms with E-state index in [1.807, 2.05) is 0 Å². The summed E-state index contributed by atoms with van der Waals surface area (Å²) >= 11 is 0. The lowest BCUT2D eigenvalue weighted by atomic mass is 9.81. The van der Waals surface area contributed by atoms with Crippen molar-refractivity contribution in [1.29, 1.82) is 0 Å². The number of hydrogen-bond donors (Lipinski definition) is 0. The molecule has 4 atom stereocenters. The number of ether oxygens (including phenoxy) is 3. The Morgan fingerprint density at radius 2 is 1.70 bits per heavy atom. The van der Waals surface area contributed by atoms with Crippen LogP contribution in [0.25, 0.3) is 0 Å². The van der Waals surface area contributed by atoms with Crippen molar-refractivity contribution < 1.29 is 33.0 Å². The van der Waals surface area contributed by atoms with Crippen molar-refractivity contribution in [1.82, 2.24) is 0 Å². The lowest BCUT2D eigenvalue weighted by Gasteiger charge is -2.46. The highest BCUT2D eigenvalue weighted by atomic mass is 28.4.